The number of benzene rings is 2. The van der Waals surface area contributed by atoms with Gasteiger partial charge in [-0.3, -0.25) is 0 Å². The Labute approximate surface area is 145 Å². The normalized spacial score (nSPS) is 26.0. The third-order valence-electron chi connectivity index (χ3n) is 4.61. The molecule has 0 radical (unpaired) electrons. The summed E-state index contributed by atoms with van der Waals surface area (Å²) in [5.41, 5.74) is 0. The molecule has 0 aliphatic carbocycles. The van der Waals surface area contributed by atoms with Crippen molar-refractivity contribution in [2.24, 2.45) is 0 Å². The standard InChI is InChI=1S/C19H20BrNO2/c20-18-9-8-16(12-19(18)23-15-4-2-1-3-5-15)22-17-10-13-6-7-14(11-17)21-13/h1-5,8-9,12-14,17,21H,6-7,10-11H2. The van der Waals surface area contributed by atoms with Gasteiger partial charge in [0.25, 0.3) is 0 Å². The van der Waals surface area contributed by atoms with E-state index in [4.69, 9.17) is 9.47 Å². The van der Waals surface area contributed by atoms with E-state index < -0.39 is 0 Å². The Morgan fingerprint density at radius 3 is 2.39 bits per heavy atom. The van der Waals surface area contributed by atoms with Gasteiger partial charge in [0.05, 0.1) is 4.47 Å². The molecule has 2 unspecified atom stereocenters. The number of halogens is 1. The maximum atomic E-state index is 6.23. The highest BCUT2D eigenvalue weighted by Crippen LogP contribution is 2.35. The van der Waals surface area contributed by atoms with Gasteiger partial charge in [-0.25, -0.2) is 0 Å². The van der Waals surface area contributed by atoms with Crippen molar-refractivity contribution in [3.05, 3.63) is 53.0 Å². The molecule has 0 aromatic heterocycles. The second-order valence-corrected chi connectivity index (χ2v) is 7.21. The molecule has 2 atom stereocenters. The molecule has 0 amide bonds. The van der Waals surface area contributed by atoms with Crippen LogP contribution in [0.4, 0.5) is 0 Å². The first-order valence-corrected chi connectivity index (χ1v) is 9.01. The molecular formula is C19H20BrNO2. The van der Waals surface area contributed by atoms with Crippen LogP contribution in [0.15, 0.2) is 53.0 Å². The Morgan fingerprint density at radius 1 is 0.913 bits per heavy atom. The van der Waals surface area contributed by atoms with Gasteiger partial charge >= 0.3 is 0 Å². The Balaban J connectivity index is 1.48. The van der Waals surface area contributed by atoms with Crippen LogP contribution in [0.5, 0.6) is 17.2 Å². The number of hydrogen-bond acceptors (Lipinski definition) is 3. The maximum Gasteiger partial charge on any atom is 0.145 e. The van der Waals surface area contributed by atoms with Crippen molar-refractivity contribution in [3.63, 3.8) is 0 Å². The van der Waals surface area contributed by atoms with Gasteiger partial charge in [-0.2, -0.15) is 0 Å². The number of nitrogens with one attached hydrogen (secondary N) is 1. The molecule has 2 aromatic rings. The van der Waals surface area contributed by atoms with Crippen LogP contribution in [0.25, 0.3) is 0 Å². The van der Waals surface area contributed by atoms with Crippen LogP contribution in [-0.2, 0) is 0 Å². The number of ether oxygens (including phenoxy) is 2. The molecule has 3 nitrogen and oxygen atoms in total. The highest BCUT2D eigenvalue weighted by Gasteiger charge is 2.34. The molecule has 2 bridgehead atoms. The third-order valence-corrected chi connectivity index (χ3v) is 5.26. The fourth-order valence-corrected chi connectivity index (χ4v) is 3.87. The predicted molar refractivity (Wildman–Crippen MR) is 94.3 cm³/mol. The lowest BCUT2D eigenvalue weighted by Gasteiger charge is -2.29. The monoisotopic (exact) mass is 373 g/mol. The van der Waals surface area contributed by atoms with Crippen molar-refractivity contribution in [2.75, 3.05) is 0 Å². The van der Waals surface area contributed by atoms with Crippen molar-refractivity contribution >= 4 is 15.9 Å². The first-order chi connectivity index (χ1) is 11.3. The summed E-state index contributed by atoms with van der Waals surface area (Å²) in [6.45, 7) is 0. The van der Waals surface area contributed by atoms with Gasteiger partial charge in [-0.1, -0.05) is 18.2 Å². The van der Waals surface area contributed by atoms with Gasteiger partial charge in [0.15, 0.2) is 0 Å². The SMILES string of the molecule is Brc1ccc(OC2CC3CCC(C2)N3)cc1Oc1ccccc1. The van der Waals surface area contributed by atoms with Gasteiger partial charge in [-0.15, -0.1) is 0 Å². The van der Waals surface area contributed by atoms with Crippen LogP contribution in [0.1, 0.15) is 25.7 Å². The van der Waals surface area contributed by atoms with Crippen LogP contribution in [0.3, 0.4) is 0 Å². The average molecular weight is 374 g/mol. The van der Waals surface area contributed by atoms with Gasteiger partial charge in [-0.05, 0) is 65.9 Å². The van der Waals surface area contributed by atoms with E-state index in [0.717, 1.165) is 34.6 Å². The molecule has 2 heterocycles. The molecular weight excluding hydrogens is 354 g/mol. The van der Waals surface area contributed by atoms with Crippen LogP contribution in [0.2, 0.25) is 0 Å². The predicted octanol–water partition coefficient (Wildman–Crippen LogP) is 4.90. The Kier molecular flexibility index (Phi) is 4.27. The van der Waals surface area contributed by atoms with E-state index in [-0.39, 0.29) is 0 Å². The van der Waals surface area contributed by atoms with E-state index in [9.17, 15) is 0 Å². The second kappa shape index (κ2) is 6.54. The summed E-state index contributed by atoms with van der Waals surface area (Å²) in [6.07, 6.45) is 5.07. The lowest BCUT2D eigenvalue weighted by molar-refractivity contribution is 0.137. The van der Waals surface area contributed by atoms with E-state index in [1.807, 2.05) is 48.5 Å². The molecule has 2 aliphatic rings. The minimum absolute atomic E-state index is 0.305. The fraction of sp³-hybridized carbons (Fsp3) is 0.368. The molecule has 2 saturated heterocycles. The van der Waals surface area contributed by atoms with Crippen LogP contribution < -0.4 is 14.8 Å². The average Bonchev–Trinajstić information content (AvgIpc) is 2.90. The van der Waals surface area contributed by atoms with Crippen molar-refractivity contribution in [1.29, 1.82) is 0 Å². The molecule has 0 spiro atoms. The molecule has 4 rings (SSSR count). The van der Waals surface area contributed by atoms with E-state index in [1.165, 1.54) is 12.8 Å². The topological polar surface area (TPSA) is 30.5 Å². The highest BCUT2D eigenvalue weighted by atomic mass is 79.9. The quantitative estimate of drug-likeness (QED) is 0.826. The zero-order chi connectivity index (χ0) is 15.6. The van der Waals surface area contributed by atoms with Crippen LogP contribution in [0, 0.1) is 0 Å². The molecule has 23 heavy (non-hydrogen) atoms. The lowest BCUT2D eigenvalue weighted by atomic mass is 10.0. The molecule has 1 N–H and O–H groups in total. The zero-order valence-electron chi connectivity index (χ0n) is 12.9. The van der Waals surface area contributed by atoms with E-state index >= 15 is 0 Å². The molecule has 0 saturated carbocycles. The van der Waals surface area contributed by atoms with Crippen molar-refractivity contribution in [3.8, 4) is 17.2 Å². The third kappa shape index (κ3) is 3.54. The summed E-state index contributed by atoms with van der Waals surface area (Å²) in [5, 5.41) is 3.65. The van der Waals surface area contributed by atoms with E-state index in [1.54, 1.807) is 0 Å². The summed E-state index contributed by atoms with van der Waals surface area (Å²) in [6, 6.07) is 17.0. The minimum Gasteiger partial charge on any atom is -0.490 e. The summed E-state index contributed by atoms with van der Waals surface area (Å²) >= 11 is 3.55. The molecule has 120 valence electrons. The number of rotatable bonds is 4. The van der Waals surface area contributed by atoms with Gasteiger partial charge in [0.2, 0.25) is 0 Å². The van der Waals surface area contributed by atoms with Gasteiger partial charge in [0, 0.05) is 18.2 Å². The second-order valence-electron chi connectivity index (χ2n) is 6.36. The van der Waals surface area contributed by atoms with Crippen LogP contribution >= 0.6 is 15.9 Å². The van der Waals surface area contributed by atoms with Crippen molar-refractivity contribution < 1.29 is 9.47 Å². The summed E-state index contributed by atoms with van der Waals surface area (Å²) in [5.74, 6) is 2.49. The summed E-state index contributed by atoms with van der Waals surface area (Å²) in [4.78, 5) is 0. The highest BCUT2D eigenvalue weighted by molar-refractivity contribution is 9.10. The Hall–Kier alpha value is -1.52. The Morgan fingerprint density at radius 2 is 1.65 bits per heavy atom. The number of para-hydroxylation sites is 1. The molecule has 2 fully saturated rings. The molecule has 2 aliphatic heterocycles. The largest absolute Gasteiger partial charge is 0.490 e. The minimum atomic E-state index is 0.305. The number of piperidine rings is 1. The number of fused-ring (bicyclic) bond motifs is 2. The zero-order valence-corrected chi connectivity index (χ0v) is 14.5. The first-order valence-electron chi connectivity index (χ1n) is 8.21. The van der Waals surface area contributed by atoms with Gasteiger partial charge < -0.3 is 14.8 Å². The molecule has 2 aromatic carbocycles. The smallest absolute Gasteiger partial charge is 0.145 e. The van der Waals surface area contributed by atoms with Crippen LogP contribution in [-0.4, -0.2) is 18.2 Å². The van der Waals surface area contributed by atoms with Crippen molar-refractivity contribution in [2.45, 2.75) is 43.9 Å². The molecule has 4 heteroatoms. The summed E-state index contributed by atoms with van der Waals surface area (Å²) < 4.78 is 13.1. The fourth-order valence-electron chi connectivity index (χ4n) is 3.54. The maximum absolute atomic E-state index is 6.23. The van der Waals surface area contributed by atoms with Gasteiger partial charge in [0.1, 0.15) is 23.4 Å². The first kappa shape index (κ1) is 15.0. The summed E-state index contributed by atoms with van der Waals surface area (Å²) in [7, 11) is 0. The number of hydrogen-bond donors (Lipinski definition) is 1. The Bertz CT molecular complexity index is 664. The van der Waals surface area contributed by atoms with E-state index in [0.29, 0.717) is 18.2 Å². The van der Waals surface area contributed by atoms with Crippen molar-refractivity contribution in [1.82, 2.24) is 5.32 Å². The van der Waals surface area contributed by atoms with E-state index in [2.05, 4.69) is 21.2 Å². The lowest BCUT2D eigenvalue weighted by Crippen LogP contribution is -2.42.